The first-order valence-corrected chi connectivity index (χ1v) is 11.2. The van der Waals surface area contributed by atoms with E-state index < -0.39 is 23.7 Å². The number of carbonyl (C=O) groups is 2. The summed E-state index contributed by atoms with van der Waals surface area (Å²) in [6.07, 6.45) is 0.388. The minimum atomic E-state index is -4.61. The fourth-order valence-electron chi connectivity index (χ4n) is 4.58. The van der Waals surface area contributed by atoms with Gasteiger partial charge in [0.05, 0.1) is 40.0 Å². The Hall–Kier alpha value is -4.27. The fourth-order valence-corrected chi connectivity index (χ4v) is 4.58. The number of fused-ring (bicyclic) bond motifs is 1. The molecular weight excluding hydrogens is 477 g/mol. The number of nitrogens with zero attached hydrogens (tertiary/aromatic N) is 6. The highest BCUT2D eigenvalue weighted by atomic mass is 19.4. The van der Waals surface area contributed by atoms with E-state index in [4.69, 9.17) is 4.74 Å². The third kappa shape index (κ3) is 4.39. The standard InChI is InChI=1S/C24H19F3N6O3/c25-24(26,27)15-8-17(11-29-10-15)32-12-21(34)33(23(32)35)16-2-4-18(5-3-16)36-22-19-7-14(9-28)1-6-20(19)30-13-31-22/h1,6-8,10-11,13,16,18H,2-5,12H2/t16-,18-. The topological polar surface area (TPSA) is 112 Å². The highest BCUT2D eigenvalue weighted by molar-refractivity contribution is 6.12. The van der Waals surface area contributed by atoms with Crippen LogP contribution in [0.1, 0.15) is 36.8 Å². The van der Waals surface area contributed by atoms with Gasteiger partial charge in [0.2, 0.25) is 5.88 Å². The van der Waals surface area contributed by atoms with E-state index in [1.807, 2.05) is 0 Å². The largest absolute Gasteiger partial charge is 0.474 e. The maximum Gasteiger partial charge on any atom is 0.417 e. The Balaban J connectivity index is 1.26. The quantitative estimate of drug-likeness (QED) is 0.501. The molecule has 1 saturated carbocycles. The van der Waals surface area contributed by atoms with Crippen LogP contribution in [-0.4, -0.2) is 50.5 Å². The number of hydrogen-bond donors (Lipinski definition) is 0. The first-order valence-electron chi connectivity index (χ1n) is 11.2. The molecule has 2 aromatic heterocycles. The third-order valence-corrected chi connectivity index (χ3v) is 6.38. The van der Waals surface area contributed by atoms with E-state index >= 15 is 0 Å². The van der Waals surface area contributed by atoms with Crippen LogP contribution in [-0.2, 0) is 11.0 Å². The molecule has 0 bridgehead atoms. The number of urea groups is 1. The van der Waals surface area contributed by atoms with Gasteiger partial charge in [0, 0.05) is 12.2 Å². The van der Waals surface area contributed by atoms with Crippen molar-refractivity contribution < 1.29 is 27.5 Å². The number of pyridine rings is 1. The summed E-state index contributed by atoms with van der Waals surface area (Å²) >= 11 is 0. The average molecular weight is 496 g/mol. The zero-order chi connectivity index (χ0) is 25.4. The van der Waals surface area contributed by atoms with Gasteiger partial charge in [-0.1, -0.05) is 0 Å². The second kappa shape index (κ2) is 9.07. The number of imide groups is 1. The van der Waals surface area contributed by atoms with Gasteiger partial charge in [0.15, 0.2) is 0 Å². The summed E-state index contributed by atoms with van der Waals surface area (Å²) < 4.78 is 45.3. The van der Waals surface area contributed by atoms with Crippen LogP contribution in [0.3, 0.4) is 0 Å². The number of amides is 3. The lowest BCUT2D eigenvalue weighted by atomic mass is 9.92. The molecule has 184 valence electrons. The van der Waals surface area contributed by atoms with Crippen molar-refractivity contribution in [2.45, 2.75) is 44.0 Å². The SMILES string of the molecule is N#Cc1ccc2ncnc(O[C@H]3CC[C@H](N4C(=O)CN(c5cncc(C(F)(F)F)c5)C4=O)CC3)c2c1. The number of ether oxygens (including phenoxy) is 1. The molecule has 1 aliphatic heterocycles. The smallest absolute Gasteiger partial charge is 0.417 e. The number of halogens is 3. The van der Waals surface area contributed by atoms with Crippen molar-refractivity contribution in [1.29, 1.82) is 5.26 Å². The Morgan fingerprint density at radius 2 is 1.83 bits per heavy atom. The van der Waals surface area contributed by atoms with Gasteiger partial charge in [-0.05, 0) is 49.9 Å². The molecule has 5 rings (SSSR count). The maximum absolute atomic E-state index is 13.1. The molecule has 2 aliphatic rings. The molecule has 36 heavy (non-hydrogen) atoms. The summed E-state index contributed by atoms with van der Waals surface area (Å²) in [5.74, 6) is -0.107. The average Bonchev–Trinajstić information content (AvgIpc) is 3.17. The van der Waals surface area contributed by atoms with Crippen LogP contribution in [0.2, 0.25) is 0 Å². The van der Waals surface area contributed by atoms with Gasteiger partial charge in [0.25, 0.3) is 5.91 Å². The van der Waals surface area contributed by atoms with Gasteiger partial charge >= 0.3 is 12.2 Å². The number of rotatable bonds is 4. The molecule has 1 aromatic carbocycles. The Labute approximate surface area is 203 Å². The molecule has 3 amide bonds. The molecule has 0 spiro atoms. The molecule has 0 radical (unpaired) electrons. The van der Waals surface area contributed by atoms with Crippen molar-refractivity contribution in [3.63, 3.8) is 0 Å². The monoisotopic (exact) mass is 496 g/mol. The lowest BCUT2D eigenvalue weighted by Crippen LogP contribution is -2.44. The number of carbonyl (C=O) groups excluding carboxylic acids is 2. The van der Waals surface area contributed by atoms with E-state index in [0.29, 0.717) is 54.2 Å². The number of alkyl halides is 3. The molecule has 1 saturated heterocycles. The van der Waals surface area contributed by atoms with Gasteiger partial charge in [-0.15, -0.1) is 0 Å². The van der Waals surface area contributed by atoms with E-state index in [1.165, 1.54) is 6.33 Å². The molecule has 0 unspecified atom stereocenters. The molecule has 0 atom stereocenters. The number of benzene rings is 1. The molecule has 3 aromatic rings. The minimum absolute atomic E-state index is 0.0740. The number of aromatic nitrogens is 3. The minimum Gasteiger partial charge on any atom is -0.474 e. The van der Waals surface area contributed by atoms with Gasteiger partial charge in [-0.25, -0.2) is 14.8 Å². The molecular formula is C24H19F3N6O3. The van der Waals surface area contributed by atoms with Crippen LogP contribution in [0, 0.1) is 11.3 Å². The zero-order valence-electron chi connectivity index (χ0n) is 18.8. The van der Waals surface area contributed by atoms with Crippen molar-refractivity contribution in [2.75, 3.05) is 11.4 Å². The summed E-state index contributed by atoms with van der Waals surface area (Å²) in [6.45, 7) is -0.341. The lowest BCUT2D eigenvalue weighted by Gasteiger charge is -2.33. The Kier molecular flexibility index (Phi) is 5.91. The molecule has 12 heteroatoms. The molecule has 2 fully saturated rings. The fraction of sp³-hybridized carbons (Fsp3) is 0.333. The predicted octanol–water partition coefficient (Wildman–Crippen LogP) is 4.07. The van der Waals surface area contributed by atoms with Crippen LogP contribution in [0.25, 0.3) is 10.9 Å². The number of nitriles is 1. The Morgan fingerprint density at radius 1 is 1.06 bits per heavy atom. The second-order valence-electron chi connectivity index (χ2n) is 8.63. The zero-order valence-corrected chi connectivity index (χ0v) is 18.8. The first kappa shape index (κ1) is 23.5. The number of anilines is 1. The van der Waals surface area contributed by atoms with E-state index in [9.17, 15) is 28.0 Å². The van der Waals surface area contributed by atoms with Crippen molar-refractivity contribution in [1.82, 2.24) is 19.9 Å². The van der Waals surface area contributed by atoms with Crippen LogP contribution < -0.4 is 9.64 Å². The van der Waals surface area contributed by atoms with Gasteiger partial charge in [-0.3, -0.25) is 19.6 Å². The number of hydrogen-bond acceptors (Lipinski definition) is 7. The predicted molar refractivity (Wildman–Crippen MR) is 120 cm³/mol. The van der Waals surface area contributed by atoms with Gasteiger partial charge in [-0.2, -0.15) is 18.4 Å². The third-order valence-electron chi connectivity index (χ3n) is 6.38. The van der Waals surface area contributed by atoms with Gasteiger partial charge < -0.3 is 4.74 Å². The highest BCUT2D eigenvalue weighted by Gasteiger charge is 2.43. The summed E-state index contributed by atoms with van der Waals surface area (Å²) in [5.41, 5.74) is 0.0353. The molecule has 1 aliphatic carbocycles. The van der Waals surface area contributed by atoms with Crippen molar-refractivity contribution in [3.8, 4) is 11.9 Å². The van der Waals surface area contributed by atoms with E-state index in [1.54, 1.807) is 18.2 Å². The van der Waals surface area contributed by atoms with E-state index in [2.05, 4.69) is 21.0 Å². The summed E-state index contributed by atoms with van der Waals surface area (Å²) in [4.78, 5) is 39.8. The van der Waals surface area contributed by atoms with Gasteiger partial charge in [0.1, 0.15) is 19.0 Å². The molecule has 9 nitrogen and oxygen atoms in total. The van der Waals surface area contributed by atoms with Crippen molar-refractivity contribution in [3.05, 3.63) is 54.1 Å². The summed E-state index contributed by atoms with van der Waals surface area (Å²) in [6, 6.07) is 6.89. The van der Waals surface area contributed by atoms with Crippen LogP contribution >= 0.6 is 0 Å². The molecule has 0 N–H and O–H groups in total. The highest BCUT2D eigenvalue weighted by Crippen LogP contribution is 2.34. The van der Waals surface area contributed by atoms with E-state index in [0.717, 1.165) is 22.1 Å². The van der Waals surface area contributed by atoms with Crippen molar-refractivity contribution >= 4 is 28.5 Å². The Bertz CT molecular complexity index is 1380. The van der Waals surface area contributed by atoms with Crippen LogP contribution in [0.15, 0.2) is 43.0 Å². The first-order chi connectivity index (χ1) is 17.2. The second-order valence-corrected chi connectivity index (χ2v) is 8.63. The summed E-state index contributed by atoms with van der Waals surface area (Å²) in [5, 5.41) is 9.80. The molecule has 3 heterocycles. The summed E-state index contributed by atoms with van der Waals surface area (Å²) in [7, 11) is 0. The Morgan fingerprint density at radius 3 is 2.56 bits per heavy atom. The van der Waals surface area contributed by atoms with Crippen LogP contribution in [0.4, 0.5) is 23.7 Å². The maximum atomic E-state index is 13.1. The van der Waals surface area contributed by atoms with Crippen molar-refractivity contribution in [2.24, 2.45) is 0 Å². The normalized spacial score (nSPS) is 20.6. The van der Waals surface area contributed by atoms with Crippen LogP contribution in [0.5, 0.6) is 5.88 Å². The van der Waals surface area contributed by atoms with E-state index in [-0.39, 0.29) is 24.4 Å². The lowest BCUT2D eigenvalue weighted by molar-refractivity contribution is -0.137.